The van der Waals surface area contributed by atoms with Crippen molar-refractivity contribution < 1.29 is 9.47 Å². The monoisotopic (exact) mass is 249 g/mol. The number of nitrogens with one attached hydrogen (secondary N) is 1. The number of anilines is 1. The first-order valence-electron chi connectivity index (χ1n) is 6.78. The van der Waals surface area contributed by atoms with Crippen LogP contribution in [0.25, 0.3) is 0 Å². The van der Waals surface area contributed by atoms with Gasteiger partial charge in [-0.2, -0.15) is 0 Å². The highest BCUT2D eigenvalue weighted by atomic mass is 16.5. The largest absolute Gasteiger partial charge is 0.493 e. The van der Waals surface area contributed by atoms with Crippen LogP contribution in [0.5, 0.6) is 5.75 Å². The minimum atomic E-state index is 0.553. The van der Waals surface area contributed by atoms with E-state index in [2.05, 4.69) is 31.3 Å². The molecule has 1 aromatic rings. The van der Waals surface area contributed by atoms with Gasteiger partial charge in [-0.1, -0.05) is 19.9 Å². The van der Waals surface area contributed by atoms with E-state index in [0.29, 0.717) is 11.8 Å². The summed E-state index contributed by atoms with van der Waals surface area (Å²) in [4.78, 5) is 0. The average molecular weight is 249 g/mol. The maximum atomic E-state index is 5.72. The SMILES string of the molecule is CC(C)COc1cccc(NCC2CCOC2)c1. The van der Waals surface area contributed by atoms with E-state index in [1.54, 1.807) is 0 Å². The molecular formula is C15H23NO2. The van der Waals surface area contributed by atoms with Crippen LogP contribution in [0.1, 0.15) is 20.3 Å². The molecule has 1 aliphatic heterocycles. The zero-order valence-corrected chi connectivity index (χ0v) is 11.3. The molecule has 1 aromatic carbocycles. The Morgan fingerprint density at radius 1 is 1.44 bits per heavy atom. The Morgan fingerprint density at radius 2 is 2.33 bits per heavy atom. The number of ether oxygens (including phenoxy) is 2. The molecule has 3 nitrogen and oxygen atoms in total. The van der Waals surface area contributed by atoms with Gasteiger partial charge in [0.15, 0.2) is 0 Å². The minimum Gasteiger partial charge on any atom is -0.493 e. The van der Waals surface area contributed by atoms with E-state index in [0.717, 1.165) is 44.2 Å². The molecule has 18 heavy (non-hydrogen) atoms. The fraction of sp³-hybridized carbons (Fsp3) is 0.600. The van der Waals surface area contributed by atoms with E-state index < -0.39 is 0 Å². The van der Waals surface area contributed by atoms with Crippen LogP contribution in [0, 0.1) is 11.8 Å². The highest BCUT2D eigenvalue weighted by molar-refractivity contribution is 5.48. The van der Waals surface area contributed by atoms with Crippen LogP contribution >= 0.6 is 0 Å². The second kappa shape index (κ2) is 6.64. The Kier molecular flexibility index (Phi) is 4.88. The van der Waals surface area contributed by atoms with Crippen molar-refractivity contribution in [3.8, 4) is 5.75 Å². The number of hydrogen-bond acceptors (Lipinski definition) is 3. The summed E-state index contributed by atoms with van der Waals surface area (Å²) >= 11 is 0. The van der Waals surface area contributed by atoms with E-state index in [9.17, 15) is 0 Å². The van der Waals surface area contributed by atoms with Crippen molar-refractivity contribution in [2.45, 2.75) is 20.3 Å². The van der Waals surface area contributed by atoms with Gasteiger partial charge in [0.2, 0.25) is 0 Å². The maximum Gasteiger partial charge on any atom is 0.121 e. The van der Waals surface area contributed by atoms with Crippen LogP contribution in [0.4, 0.5) is 5.69 Å². The van der Waals surface area contributed by atoms with Crippen molar-refractivity contribution >= 4 is 5.69 Å². The van der Waals surface area contributed by atoms with E-state index in [-0.39, 0.29) is 0 Å². The number of benzene rings is 1. The van der Waals surface area contributed by atoms with Gasteiger partial charge < -0.3 is 14.8 Å². The van der Waals surface area contributed by atoms with Gasteiger partial charge >= 0.3 is 0 Å². The topological polar surface area (TPSA) is 30.5 Å². The van der Waals surface area contributed by atoms with Crippen molar-refractivity contribution in [1.29, 1.82) is 0 Å². The zero-order valence-electron chi connectivity index (χ0n) is 11.3. The van der Waals surface area contributed by atoms with Gasteiger partial charge in [0.25, 0.3) is 0 Å². The third kappa shape index (κ3) is 4.22. The quantitative estimate of drug-likeness (QED) is 0.840. The van der Waals surface area contributed by atoms with Crippen LogP contribution in [0.15, 0.2) is 24.3 Å². The third-order valence-electron chi connectivity index (χ3n) is 3.04. The van der Waals surface area contributed by atoms with Crippen LogP contribution in [0.3, 0.4) is 0 Å². The first kappa shape index (κ1) is 13.2. The van der Waals surface area contributed by atoms with E-state index in [4.69, 9.17) is 9.47 Å². The Bertz CT molecular complexity index is 359. The minimum absolute atomic E-state index is 0.553. The molecule has 1 saturated heterocycles. The molecule has 2 rings (SSSR count). The lowest BCUT2D eigenvalue weighted by molar-refractivity contribution is 0.187. The summed E-state index contributed by atoms with van der Waals surface area (Å²) in [6.07, 6.45) is 1.16. The van der Waals surface area contributed by atoms with E-state index in [1.165, 1.54) is 0 Å². The molecule has 1 fully saturated rings. The molecule has 1 aliphatic rings. The Labute approximate surface area is 109 Å². The van der Waals surface area contributed by atoms with Gasteiger partial charge in [0.1, 0.15) is 5.75 Å². The summed E-state index contributed by atoms with van der Waals surface area (Å²) in [6.45, 7) is 7.85. The molecule has 1 heterocycles. The van der Waals surface area contributed by atoms with Gasteiger partial charge in [-0.05, 0) is 24.5 Å². The molecule has 0 bridgehead atoms. The lowest BCUT2D eigenvalue weighted by atomic mass is 10.1. The van der Waals surface area contributed by atoms with E-state index >= 15 is 0 Å². The molecule has 3 heteroatoms. The maximum absolute atomic E-state index is 5.72. The lowest BCUT2D eigenvalue weighted by Gasteiger charge is -2.13. The lowest BCUT2D eigenvalue weighted by Crippen LogP contribution is -2.14. The molecule has 0 radical (unpaired) electrons. The molecule has 100 valence electrons. The first-order valence-corrected chi connectivity index (χ1v) is 6.78. The van der Waals surface area contributed by atoms with Gasteiger partial charge in [0, 0.05) is 30.8 Å². The summed E-state index contributed by atoms with van der Waals surface area (Å²) < 4.78 is 11.1. The smallest absolute Gasteiger partial charge is 0.121 e. The Hall–Kier alpha value is -1.22. The molecule has 0 amide bonds. The van der Waals surface area contributed by atoms with Crippen LogP contribution in [-0.4, -0.2) is 26.4 Å². The number of hydrogen-bond donors (Lipinski definition) is 1. The predicted molar refractivity (Wildman–Crippen MR) is 74.2 cm³/mol. The average Bonchev–Trinajstić information content (AvgIpc) is 2.87. The van der Waals surface area contributed by atoms with Gasteiger partial charge in [-0.25, -0.2) is 0 Å². The molecule has 0 saturated carbocycles. The number of rotatable bonds is 6. The molecule has 0 spiro atoms. The Balaban J connectivity index is 1.82. The normalized spacial score (nSPS) is 19.2. The van der Waals surface area contributed by atoms with Crippen LogP contribution in [-0.2, 0) is 4.74 Å². The van der Waals surface area contributed by atoms with Gasteiger partial charge in [0.05, 0.1) is 13.2 Å². The zero-order chi connectivity index (χ0) is 12.8. The van der Waals surface area contributed by atoms with Crippen molar-refractivity contribution in [3.05, 3.63) is 24.3 Å². The van der Waals surface area contributed by atoms with Gasteiger partial charge in [-0.3, -0.25) is 0 Å². The fourth-order valence-electron chi connectivity index (χ4n) is 1.97. The molecule has 0 aromatic heterocycles. The highest BCUT2D eigenvalue weighted by Crippen LogP contribution is 2.19. The molecule has 0 aliphatic carbocycles. The molecule has 1 unspecified atom stereocenters. The van der Waals surface area contributed by atoms with E-state index in [1.807, 2.05) is 12.1 Å². The van der Waals surface area contributed by atoms with Crippen molar-refractivity contribution in [1.82, 2.24) is 0 Å². The third-order valence-corrected chi connectivity index (χ3v) is 3.04. The van der Waals surface area contributed by atoms with Crippen molar-refractivity contribution in [2.24, 2.45) is 11.8 Å². The first-order chi connectivity index (χ1) is 8.74. The standard InChI is InChI=1S/C15H23NO2/c1-12(2)10-18-15-5-3-4-14(8-15)16-9-13-6-7-17-11-13/h3-5,8,12-13,16H,6-7,9-11H2,1-2H3. The summed E-state index contributed by atoms with van der Waals surface area (Å²) in [6, 6.07) is 8.19. The van der Waals surface area contributed by atoms with Crippen molar-refractivity contribution in [2.75, 3.05) is 31.7 Å². The van der Waals surface area contributed by atoms with Crippen molar-refractivity contribution in [3.63, 3.8) is 0 Å². The molecule has 1 atom stereocenters. The summed E-state index contributed by atoms with van der Waals surface area (Å²) in [5.74, 6) is 2.14. The highest BCUT2D eigenvalue weighted by Gasteiger charge is 2.14. The van der Waals surface area contributed by atoms with Crippen LogP contribution < -0.4 is 10.1 Å². The fourth-order valence-corrected chi connectivity index (χ4v) is 1.97. The summed E-state index contributed by atoms with van der Waals surface area (Å²) in [5.41, 5.74) is 1.13. The van der Waals surface area contributed by atoms with Crippen LogP contribution in [0.2, 0.25) is 0 Å². The summed E-state index contributed by atoms with van der Waals surface area (Å²) in [7, 11) is 0. The summed E-state index contributed by atoms with van der Waals surface area (Å²) in [5, 5.41) is 3.45. The second-order valence-electron chi connectivity index (χ2n) is 5.34. The van der Waals surface area contributed by atoms with Gasteiger partial charge in [-0.15, -0.1) is 0 Å². The predicted octanol–water partition coefficient (Wildman–Crippen LogP) is 3.17. The molecular weight excluding hydrogens is 226 g/mol. The second-order valence-corrected chi connectivity index (χ2v) is 5.34. The Morgan fingerprint density at radius 3 is 3.06 bits per heavy atom. The molecule has 1 N–H and O–H groups in total.